The quantitative estimate of drug-likeness (QED) is 0.882. The van der Waals surface area contributed by atoms with Gasteiger partial charge in [0.05, 0.1) is 6.54 Å². The number of H-pyrrole nitrogens is 1. The van der Waals surface area contributed by atoms with Crippen LogP contribution in [0.3, 0.4) is 0 Å². The number of carbonyl (C=O) groups is 1. The molecule has 2 aromatic rings. The molecule has 25 heavy (non-hydrogen) atoms. The van der Waals surface area contributed by atoms with E-state index in [0.29, 0.717) is 30.8 Å². The summed E-state index contributed by atoms with van der Waals surface area (Å²) in [6.45, 7) is 0.692. The Kier molecular flexibility index (Phi) is 3.93. The summed E-state index contributed by atoms with van der Waals surface area (Å²) in [5.74, 6) is 2.33. The molecule has 2 aliphatic carbocycles. The van der Waals surface area contributed by atoms with Gasteiger partial charge in [0.1, 0.15) is 5.78 Å². The summed E-state index contributed by atoms with van der Waals surface area (Å²) in [5, 5.41) is 1.27. The number of hydrogen-bond donors (Lipinski definition) is 1. The number of hydrogen-bond acceptors (Lipinski definition) is 2. The van der Waals surface area contributed by atoms with Gasteiger partial charge >= 0.3 is 0 Å². The highest BCUT2D eigenvalue weighted by molar-refractivity contribution is 5.85. The second kappa shape index (κ2) is 6.28. The SMILES string of the molecule is O=C(CCc1c[nH]c2ccccc12)CN1C2CCC3CC(C2)CC1C3. The summed E-state index contributed by atoms with van der Waals surface area (Å²) >= 11 is 0. The molecule has 4 aliphatic rings. The van der Waals surface area contributed by atoms with E-state index >= 15 is 0 Å². The van der Waals surface area contributed by atoms with Crippen LogP contribution in [-0.4, -0.2) is 34.3 Å². The molecular formula is C22H28N2O. The molecule has 0 amide bonds. The maximum atomic E-state index is 12.7. The van der Waals surface area contributed by atoms with Crippen molar-refractivity contribution in [3.8, 4) is 0 Å². The molecule has 2 aliphatic heterocycles. The first-order valence-electron chi connectivity index (χ1n) is 10.1. The summed E-state index contributed by atoms with van der Waals surface area (Å²) in [4.78, 5) is 18.7. The highest BCUT2D eigenvalue weighted by Gasteiger charge is 2.44. The number of carbonyl (C=O) groups excluding carboxylic acids is 1. The average molecular weight is 336 g/mol. The van der Waals surface area contributed by atoms with Crippen LogP contribution in [0.25, 0.3) is 10.9 Å². The van der Waals surface area contributed by atoms with Gasteiger partial charge in [-0.3, -0.25) is 9.69 Å². The fourth-order valence-corrected chi connectivity index (χ4v) is 5.91. The maximum absolute atomic E-state index is 12.7. The summed E-state index contributed by atoms with van der Waals surface area (Å²) < 4.78 is 0. The lowest BCUT2D eigenvalue weighted by atomic mass is 9.74. The van der Waals surface area contributed by atoms with E-state index in [4.69, 9.17) is 0 Å². The van der Waals surface area contributed by atoms with Crippen LogP contribution in [0.1, 0.15) is 50.5 Å². The average Bonchev–Trinajstić information content (AvgIpc) is 2.92. The van der Waals surface area contributed by atoms with E-state index in [1.54, 1.807) is 0 Å². The Labute approximate surface area is 149 Å². The number of aryl methyl sites for hydroxylation is 1. The predicted octanol–water partition coefficient (Wildman–Crippen LogP) is 4.32. The van der Waals surface area contributed by atoms with Crippen LogP contribution in [0.5, 0.6) is 0 Å². The van der Waals surface area contributed by atoms with Crippen LogP contribution in [0.2, 0.25) is 0 Å². The number of fused-ring (bicyclic) bond motifs is 2. The van der Waals surface area contributed by atoms with Crippen molar-refractivity contribution >= 4 is 16.7 Å². The van der Waals surface area contributed by atoms with Crippen molar-refractivity contribution in [1.29, 1.82) is 0 Å². The zero-order chi connectivity index (χ0) is 16.8. The van der Waals surface area contributed by atoms with E-state index in [-0.39, 0.29) is 0 Å². The van der Waals surface area contributed by atoms with Gasteiger partial charge in [0.2, 0.25) is 0 Å². The zero-order valence-corrected chi connectivity index (χ0v) is 14.9. The molecule has 3 nitrogen and oxygen atoms in total. The van der Waals surface area contributed by atoms with Gasteiger partial charge in [-0.15, -0.1) is 0 Å². The molecule has 0 spiro atoms. The summed E-state index contributed by atoms with van der Waals surface area (Å²) in [5.41, 5.74) is 2.45. The lowest BCUT2D eigenvalue weighted by Crippen LogP contribution is -2.51. The second-order valence-electron chi connectivity index (χ2n) is 8.63. The molecule has 4 bridgehead atoms. The van der Waals surface area contributed by atoms with Crippen LogP contribution in [0, 0.1) is 11.8 Å². The number of nitrogens with zero attached hydrogens (tertiary/aromatic N) is 1. The van der Waals surface area contributed by atoms with Crippen molar-refractivity contribution < 1.29 is 4.79 Å². The third-order valence-corrected chi connectivity index (χ3v) is 7.04. The van der Waals surface area contributed by atoms with Crippen molar-refractivity contribution in [2.24, 2.45) is 11.8 Å². The number of benzene rings is 1. The Morgan fingerprint density at radius 2 is 1.88 bits per heavy atom. The first-order valence-corrected chi connectivity index (χ1v) is 10.1. The lowest BCUT2D eigenvalue weighted by molar-refractivity contribution is -0.122. The molecule has 2 saturated heterocycles. The van der Waals surface area contributed by atoms with Gasteiger partial charge in [-0.2, -0.15) is 0 Å². The molecule has 1 aromatic heterocycles. The van der Waals surface area contributed by atoms with Gasteiger partial charge < -0.3 is 4.98 Å². The van der Waals surface area contributed by atoms with Gasteiger partial charge in [-0.1, -0.05) is 18.2 Å². The van der Waals surface area contributed by atoms with Gasteiger partial charge in [0.15, 0.2) is 0 Å². The third kappa shape index (κ3) is 2.93. The fraction of sp³-hybridized carbons (Fsp3) is 0.591. The molecule has 1 aromatic carbocycles. The van der Waals surface area contributed by atoms with E-state index in [9.17, 15) is 4.79 Å². The largest absolute Gasteiger partial charge is 0.361 e. The van der Waals surface area contributed by atoms with E-state index in [2.05, 4.69) is 40.3 Å². The number of piperidine rings is 1. The smallest absolute Gasteiger partial charge is 0.147 e. The Hall–Kier alpha value is -1.61. The van der Waals surface area contributed by atoms with Gasteiger partial charge in [-0.05, 0) is 68.4 Å². The highest BCUT2D eigenvalue weighted by Crippen LogP contribution is 2.46. The van der Waals surface area contributed by atoms with E-state index in [0.717, 1.165) is 18.3 Å². The molecular weight excluding hydrogens is 308 g/mol. The van der Waals surface area contributed by atoms with Gasteiger partial charge in [-0.25, -0.2) is 0 Å². The van der Waals surface area contributed by atoms with E-state index in [1.165, 1.54) is 55.0 Å². The second-order valence-corrected chi connectivity index (χ2v) is 8.63. The third-order valence-electron chi connectivity index (χ3n) is 7.04. The van der Waals surface area contributed by atoms with Crippen LogP contribution < -0.4 is 0 Å². The predicted molar refractivity (Wildman–Crippen MR) is 101 cm³/mol. The van der Waals surface area contributed by atoms with E-state index < -0.39 is 0 Å². The van der Waals surface area contributed by atoms with Crippen LogP contribution in [0.15, 0.2) is 30.5 Å². The molecule has 4 unspecified atom stereocenters. The minimum atomic E-state index is 0.428. The van der Waals surface area contributed by atoms with Crippen LogP contribution in [-0.2, 0) is 11.2 Å². The Morgan fingerprint density at radius 3 is 2.84 bits per heavy atom. The fourth-order valence-electron chi connectivity index (χ4n) is 5.91. The van der Waals surface area contributed by atoms with Crippen LogP contribution in [0.4, 0.5) is 0 Å². The summed E-state index contributed by atoms with van der Waals surface area (Å²) in [6, 6.07) is 9.76. The Balaban J connectivity index is 1.23. The van der Waals surface area contributed by atoms with Gasteiger partial charge in [0.25, 0.3) is 0 Å². The van der Waals surface area contributed by atoms with Crippen molar-refractivity contribution in [2.75, 3.05) is 6.54 Å². The minimum Gasteiger partial charge on any atom is -0.361 e. The molecule has 4 atom stereocenters. The number of rotatable bonds is 5. The number of para-hydroxylation sites is 1. The summed E-state index contributed by atoms with van der Waals surface area (Å²) in [7, 11) is 0. The van der Waals surface area contributed by atoms with Gasteiger partial charge in [0, 0.05) is 35.6 Å². The lowest BCUT2D eigenvalue weighted by Gasteiger charge is -2.47. The van der Waals surface area contributed by atoms with Crippen LogP contribution >= 0.6 is 0 Å². The first kappa shape index (κ1) is 15.6. The molecule has 4 fully saturated rings. The van der Waals surface area contributed by atoms with E-state index in [1.807, 2.05) is 0 Å². The van der Waals surface area contributed by atoms with Crippen molar-refractivity contribution in [3.63, 3.8) is 0 Å². The Morgan fingerprint density at radius 1 is 1.04 bits per heavy atom. The monoisotopic (exact) mass is 336 g/mol. The number of Topliss-reactive ketones (excluding diaryl/α,β-unsaturated/α-hetero) is 1. The highest BCUT2D eigenvalue weighted by atomic mass is 16.1. The first-order chi connectivity index (χ1) is 12.3. The molecule has 2 saturated carbocycles. The molecule has 1 N–H and O–H groups in total. The topological polar surface area (TPSA) is 36.1 Å². The number of nitrogens with one attached hydrogen (secondary N) is 1. The molecule has 0 radical (unpaired) electrons. The number of ketones is 1. The Bertz CT molecular complexity index is 771. The maximum Gasteiger partial charge on any atom is 0.147 e. The number of aromatic nitrogens is 1. The molecule has 3 heteroatoms. The normalized spacial score (nSPS) is 31.5. The molecule has 3 heterocycles. The van der Waals surface area contributed by atoms with Crippen molar-refractivity contribution in [3.05, 3.63) is 36.0 Å². The number of aromatic amines is 1. The van der Waals surface area contributed by atoms with Crippen molar-refractivity contribution in [2.45, 2.75) is 63.5 Å². The summed E-state index contributed by atoms with van der Waals surface area (Å²) in [6.07, 6.45) is 11.8. The van der Waals surface area contributed by atoms with Crippen molar-refractivity contribution in [1.82, 2.24) is 9.88 Å². The molecule has 132 valence electrons. The molecule has 6 rings (SSSR count). The zero-order valence-electron chi connectivity index (χ0n) is 14.9. The standard InChI is InChI=1S/C22H28N2O/c25-20(8-6-17-13-23-22-4-2-1-3-21(17)22)14-24-18-7-5-15-9-16(11-18)12-19(24)10-15/h1-4,13,15-16,18-19,23H,5-12,14H2. The minimum absolute atomic E-state index is 0.428.